The first kappa shape index (κ1) is 5.92. The predicted molar refractivity (Wildman–Crippen MR) is 37.1 cm³/mol. The summed E-state index contributed by atoms with van der Waals surface area (Å²) in [5, 5.41) is 8.95. The van der Waals surface area contributed by atoms with Crippen LogP contribution < -0.4 is 0 Å². The number of thiol groups is 1. The lowest BCUT2D eigenvalue weighted by Gasteiger charge is -2.11. The number of rotatable bonds is 0. The lowest BCUT2D eigenvalue weighted by molar-refractivity contribution is 0.231. The molecule has 2 atom stereocenters. The van der Waals surface area contributed by atoms with E-state index in [9.17, 15) is 0 Å². The lowest BCUT2D eigenvalue weighted by atomic mass is 10.1. The second-order valence-electron chi connectivity index (χ2n) is 1.75. The van der Waals surface area contributed by atoms with Gasteiger partial charge in [0, 0.05) is 5.25 Å². The summed E-state index contributed by atoms with van der Waals surface area (Å²) in [5.74, 6) is 0. The van der Waals surface area contributed by atoms with Gasteiger partial charge < -0.3 is 5.11 Å². The molecular formula is C6H8OS. The molecular weight excluding hydrogens is 120 g/mol. The van der Waals surface area contributed by atoms with Gasteiger partial charge in [-0.05, 0) is 0 Å². The molecule has 8 heavy (non-hydrogen) atoms. The Kier molecular flexibility index (Phi) is 1.76. The molecule has 0 bridgehead atoms. The Balaban J connectivity index is 2.59. The molecule has 1 rings (SSSR count). The van der Waals surface area contributed by atoms with Gasteiger partial charge in [-0.3, -0.25) is 0 Å². The predicted octanol–water partition coefficient (Wildman–Crippen LogP) is 0.772. The quantitative estimate of drug-likeness (QED) is 0.462. The first-order valence-electron chi connectivity index (χ1n) is 2.52. The normalized spacial score (nSPS) is 35.8. The molecule has 0 saturated carbocycles. The van der Waals surface area contributed by atoms with E-state index in [1.165, 1.54) is 0 Å². The zero-order chi connectivity index (χ0) is 5.98. The standard InChI is InChI=1S/C6H8OS/c7-5-3-1-2-4-6(5)8/h1-8H/t5-,6-/m1/s1. The monoisotopic (exact) mass is 128 g/mol. The molecule has 0 aliphatic heterocycles. The Morgan fingerprint density at radius 1 is 1.25 bits per heavy atom. The summed E-state index contributed by atoms with van der Waals surface area (Å²) in [6.07, 6.45) is 6.87. The fourth-order valence-electron chi connectivity index (χ4n) is 0.584. The maximum Gasteiger partial charge on any atom is 0.0875 e. The maximum atomic E-state index is 8.96. The third-order valence-corrected chi connectivity index (χ3v) is 1.56. The molecule has 0 saturated heterocycles. The summed E-state index contributed by atoms with van der Waals surface area (Å²) in [4.78, 5) is 0. The van der Waals surface area contributed by atoms with Gasteiger partial charge in [-0.25, -0.2) is 0 Å². The second kappa shape index (κ2) is 2.37. The molecule has 0 aromatic heterocycles. The number of aliphatic hydroxyl groups is 1. The average molecular weight is 128 g/mol. The van der Waals surface area contributed by atoms with Crippen molar-refractivity contribution in [1.29, 1.82) is 0 Å². The topological polar surface area (TPSA) is 20.2 Å². The van der Waals surface area contributed by atoms with Crippen LogP contribution in [0.2, 0.25) is 0 Å². The molecule has 0 fully saturated rings. The zero-order valence-electron chi connectivity index (χ0n) is 4.36. The van der Waals surface area contributed by atoms with Crippen LogP contribution in [0.25, 0.3) is 0 Å². The SMILES string of the molecule is O[C@@H]1C=CC=C[C@H]1S. The molecule has 44 valence electrons. The van der Waals surface area contributed by atoms with Gasteiger partial charge in [0.1, 0.15) is 0 Å². The molecule has 0 unspecified atom stereocenters. The summed E-state index contributed by atoms with van der Waals surface area (Å²) < 4.78 is 0. The van der Waals surface area contributed by atoms with E-state index in [1.54, 1.807) is 6.08 Å². The summed E-state index contributed by atoms with van der Waals surface area (Å²) in [6, 6.07) is 0. The smallest absolute Gasteiger partial charge is 0.0875 e. The van der Waals surface area contributed by atoms with E-state index >= 15 is 0 Å². The highest BCUT2D eigenvalue weighted by Crippen LogP contribution is 2.09. The van der Waals surface area contributed by atoms with Crippen molar-refractivity contribution in [3.05, 3.63) is 24.3 Å². The Bertz CT molecular complexity index is 112. The van der Waals surface area contributed by atoms with E-state index in [0.717, 1.165) is 0 Å². The largest absolute Gasteiger partial charge is 0.388 e. The van der Waals surface area contributed by atoms with Gasteiger partial charge in [0.15, 0.2) is 0 Å². The van der Waals surface area contributed by atoms with E-state index in [1.807, 2.05) is 18.2 Å². The number of aliphatic hydroxyl groups excluding tert-OH is 1. The van der Waals surface area contributed by atoms with Crippen LogP contribution in [0.5, 0.6) is 0 Å². The fourth-order valence-corrected chi connectivity index (χ4v) is 0.782. The molecule has 1 nitrogen and oxygen atoms in total. The third-order valence-electron chi connectivity index (χ3n) is 1.08. The number of hydrogen-bond donors (Lipinski definition) is 2. The van der Waals surface area contributed by atoms with Gasteiger partial charge in [0.2, 0.25) is 0 Å². The minimum atomic E-state index is -0.400. The van der Waals surface area contributed by atoms with Gasteiger partial charge in [0.25, 0.3) is 0 Å². The Morgan fingerprint density at radius 2 is 1.88 bits per heavy atom. The number of hydrogen-bond acceptors (Lipinski definition) is 2. The zero-order valence-corrected chi connectivity index (χ0v) is 5.25. The molecule has 0 heterocycles. The summed E-state index contributed by atoms with van der Waals surface area (Å²) in [6.45, 7) is 0. The van der Waals surface area contributed by atoms with Crippen molar-refractivity contribution < 1.29 is 5.11 Å². The van der Waals surface area contributed by atoms with Gasteiger partial charge in [-0.15, -0.1) is 0 Å². The van der Waals surface area contributed by atoms with Crippen molar-refractivity contribution in [3.63, 3.8) is 0 Å². The highest BCUT2D eigenvalue weighted by Gasteiger charge is 2.08. The summed E-state index contributed by atoms with van der Waals surface area (Å²) in [7, 11) is 0. The molecule has 1 aliphatic carbocycles. The average Bonchev–Trinajstić information content (AvgIpc) is 1.77. The van der Waals surface area contributed by atoms with Crippen molar-refractivity contribution in [2.24, 2.45) is 0 Å². The third kappa shape index (κ3) is 1.14. The van der Waals surface area contributed by atoms with Crippen LogP contribution in [0.3, 0.4) is 0 Å². The lowest BCUT2D eigenvalue weighted by Crippen LogP contribution is -2.17. The van der Waals surface area contributed by atoms with Crippen LogP contribution >= 0.6 is 12.6 Å². The van der Waals surface area contributed by atoms with Gasteiger partial charge in [0.05, 0.1) is 6.10 Å². The van der Waals surface area contributed by atoms with E-state index in [-0.39, 0.29) is 5.25 Å². The van der Waals surface area contributed by atoms with Crippen LogP contribution in [-0.4, -0.2) is 16.5 Å². The van der Waals surface area contributed by atoms with Crippen LogP contribution in [-0.2, 0) is 0 Å². The molecule has 1 aliphatic rings. The molecule has 2 heteroatoms. The second-order valence-corrected chi connectivity index (χ2v) is 2.35. The van der Waals surface area contributed by atoms with Crippen molar-refractivity contribution in [2.75, 3.05) is 0 Å². The minimum absolute atomic E-state index is 0.0139. The summed E-state index contributed by atoms with van der Waals surface area (Å²) in [5.41, 5.74) is 0. The molecule has 0 aromatic rings. The van der Waals surface area contributed by atoms with Crippen molar-refractivity contribution in [3.8, 4) is 0 Å². The van der Waals surface area contributed by atoms with Crippen molar-refractivity contribution in [1.82, 2.24) is 0 Å². The Morgan fingerprint density at radius 3 is 2.25 bits per heavy atom. The van der Waals surface area contributed by atoms with E-state index in [2.05, 4.69) is 12.6 Å². The van der Waals surface area contributed by atoms with Gasteiger partial charge in [-0.2, -0.15) is 12.6 Å². The van der Waals surface area contributed by atoms with Crippen LogP contribution in [0.15, 0.2) is 24.3 Å². The first-order chi connectivity index (χ1) is 3.80. The first-order valence-corrected chi connectivity index (χ1v) is 3.03. The van der Waals surface area contributed by atoms with Crippen LogP contribution in [0, 0.1) is 0 Å². The van der Waals surface area contributed by atoms with E-state index in [4.69, 9.17) is 5.11 Å². The van der Waals surface area contributed by atoms with E-state index < -0.39 is 6.10 Å². The minimum Gasteiger partial charge on any atom is -0.388 e. The molecule has 0 aromatic carbocycles. The van der Waals surface area contributed by atoms with Crippen molar-refractivity contribution >= 4 is 12.6 Å². The van der Waals surface area contributed by atoms with E-state index in [0.29, 0.717) is 0 Å². The van der Waals surface area contributed by atoms with Crippen molar-refractivity contribution in [2.45, 2.75) is 11.4 Å². The number of allylic oxidation sites excluding steroid dienone is 2. The summed E-state index contributed by atoms with van der Waals surface area (Å²) >= 11 is 4.07. The highest BCUT2D eigenvalue weighted by atomic mass is 32.1. The Labute approximate surface area is 54.1 Å². The molecule has 0 radical (unpaired) electrons. The van der Waals surface area contributed by atoms with Gasteiger partial charge in [-0.1, -0.05) is 24.3 Å². The van der Waals surface area contributed by atoms with Crippen LogP contribution in [0.1, 0.15) is 0 Å². The maximum absolute atomic E-state index is 8.96. The molecule has 1 N–H and O–H groups in total. The molecule has 0 spiro atoms. The van der Waals surface area contributed by atoms with Crippen LogP contribution in [0.4, 0.5) is 0 Å². The fraction of sp³-hybridized carbons (Fsp3) is 0.333. The molecule has 0 amide bonds. The highest BCUT2D eigenvalue weighted by molar-refractivity contribution is 7.81. The Hall–Kier alpha value is -0.210. The van der Waals surface area contributed by atoms with Gasteiger partial charge >= 0.3 is 0 Å².